The summed E-state index contributed by atoms with van der Waals surface area (Å²) < 4.78 is 0. The lowest BCUT2D eigenvalue weighted by Gasteiger charge is -2.30. The molecule has 1 fully saturated rings. The Labute approximate surface area is 123 Å². The van der Waals surface area contributed by atoms with E-state index < -0.39 is 4.92 Å². The van der Waals surface area contributed by atoms with Crippen molar-refractivity contribution in [2.24, 2.45) is 0 Å². The Bertz CT molecular complexity index is 531. The molecule has 1 atom stereocenters. The Morgan fingerprint density at radius 2 is 2.24 bits per heavy atom. The van der Waals surface area contributed by atoms with Gasteiger partial charge in [-0.05, 0) is 32.8 Å². The molecule has 114 valence electrons. The lowest BCUT2D eigenvalue weighted by atomic mass is 10.1. The van der Waals surface area contributed by atoms with E-state index in [0.717, 1.165) is 12.8 Å². The summed E-state index contributed by atoms with van der Waals surface area (Å²) in [6.07, 6.45) is 4.36. The van der Waals surface area contributed by atoms with Gasteiger partial charge in [-0.3, -0.25) is 19.9 Å². The second-order valence-electron chi connectivity index (χ2n) is 4.98. The van der Waals surface area contributed by atoms with Crippen LogP contribution in [-0.2, 0) is 4.79 Å². The first-order valence-corrected chi connectivity index (χ1v) is 7.24. The molecule has 0 unspecified atom stereocenters. The maximum Gasteiger partial charge on any atom is 0.310 e. The lowest BCUT2D eigenvalue weighted by Crippen LogP contribution is -2.45. The lowest BCUT2D eigenvalue weighted by molar-refractivity contribution is -0.384. The van der Waals surface area contributed by atoms with E-state index in [1.807, 2.05) is 18.7 Å². The second kappa shape index (κ2) is 6.51. The topological polar surface area (TPSA) is 79.6 Å². The first-order chi connectivity index (χ1) is 10.1. The molecule has 7 heteroatoms. The highest BCUT2D eigenvalue weighted by atomic mass is 16.6. The molecule has 0 radical (unpaired) electrons. The smallest absolute Gasteiger partial charge is 0.310 e. The van der Waals surface area contributed by atoms with Gasteiger partial charge in [0.05, 0.1) is 4.92 Å². The van der Waals surface area contributed by atoms with Crippen LogP contribution < -0.4 is 4.90 Å². The van der Waals surface area contributed by atoms with Gasteiger partial charge in [0, 0.05) is 25.8 Å². The highest BCUT2D eigenvalue weighted by Gasteiger charge is 2.35. The third-order valence-electron chi connectivity index (χ3n) is 3.90. The molecule has 21 heavy (non-hydrogen) atoms. The number of amides is 1. The largest absolute Gasteiger partial charge is 0.354 e. The van der Waals surface area contributed by atoms with Crippen LogP contribution in [0.3, 0.4) is 0 Å². The number of pyridine rings is 1. The first kappa shape index (κ1) is 15.2. The second-order valence-corrected chi connectivity index (χ2v) is 4.98. The maximum atomic E-state index is 12.6. The fraction of sp³-hybridized carbons (Fsp3) is 0.571. The van der Waals surface area contributed by atoms with E-state index in [1.54, 1.807) is 11.0 Å². The fourth-order valence-electron chi connectivity index (χ4n) is 2.82. The fourth-order valence-corrected chi connectivity index (χ4v) is 2.82. The molecular weight excluding hydrogens is 272 g/mol. The summed E-state index contributed by atoms with van der Waals surface area (Å²) in [7, 11) is 0. The molecule has 2 heterocycles. The monoisotopic (exact) mass is 292 g/mol. The van der Waals surface area contributed by atoms with Gasteiger partial charge >= 0.3 is 5.69 Å². The van der Waals surface area contributed by atoms with Crippen molar-refractivity contribution < 1.29 is 9.72 Å². The molecule has 0 N–H and O–H groups in total. The minimum Gasteiger partial charge on any atom is -0.354 e. The molecule has 7 nitrogen and oxygen atoms in total. The Balaban J connectivity index is 2.31. The van der Waals surface area contributed by atoms with Crippen molar-refractivity contribution in [2.75, 3.05) is 24.5 Å². The molecule has 0 aliphatic carbocycles. The van der Waals surface area contributed by atoms with Gasteiger partial charge < -0.3 is 9.80 Å². The number of nitrogens with zero attached hydrogens (tertiary/aromatic N) is 4. The van der Waals surface area contributed by atoms with E-state index in [1.165, 1.54) is 12.4 Å². The maximum absolute atomic E-state index is 12.6. The Morgan fingerprint density at radius 3 is 2.86 bits per heavy atom. The van der Waals surface area contributed by atoms with Crippen molar-refractivity contribution in [3.8, 4) is 0 Å². The van der Waals surface area contributed by atoms with Crippen LogP contribution in [0, 0.1) is 10.1 Å². The van der Waals surface area contributed by atoms with Crippen LogP contribution in [0.15, 0.2) is 18.5 Å². The summed E-state index contributed by atoms with van der Waals surface area (Å²) in [6, 6.07) is 1.30. The van der Waals surface area contributed by atoms with Gasteiger partial charge in [0.1, 0.15) is 17.9 Å². The number of hydrogen-bond acceptors (Lipinski definition) is 5. The minimum atomic E-state index is -0.445. The van der Waals surface area contributed by atoms with Gasteiger partial charge in [-0.1, -0.05) is 0 Å². The zero-order chi connectivity index (χ0) is 15.4. The van der Waals surface area contributed by atoms with E-state index in [0.29, 0.717) is 25.3 Å². The number of anilines is 1. The Morgan fingerprint density at radius 1 is 1.52 bits per heavy atom. The van der Waals surface area contributed by atoms with Crippen molar-refractivity contribution in [1.82, 2.24) is 9.88 Å². The zero-order valence-corrected chi connectivity index (χ0v) is 12.4. The van der Waals surface area contributed by atoms with E-state index in [2.05, 4.69) is 4.98 Å². The van der Waals surface area contributed by atoms with Gasteiger partial charge in [-0.15, -0.1) is 0 Å². The number of nitro groups is 1. The molecular formula is C14H20N4O3. The van der Waals surface area contributed by atoms with E-state index in [-0.39, 0.29) is 17.6 Å². The summed E-state index contributed by atoms with van der Waals surface area (Å²) >= 11 is 0. The summed E-state index contributed by atoms with van der Waals surface area (Å²) in [6.45, 7) is 5.84. The molecule has 0 aromatic carbocycles. The van der Waals surface area contributed by atoms with Crippen LogP contribution in [0.1, 0.15) is 26.7 Å². The quantitative estimate of drug-likeness (QED) is 0.611. The van der Waals surface area contributed by atoms with Crippen LogP contribution in [0.5, 0.6) is 0 Å². The normalized spacial score (nSPS) is 17.8. The first-order valence-electron chi connectivity index (χ1n) is 7.24. The van der Waals surface area contributed by atoms with Crippen LogP contribution in [0.25, 0.3) is 0 Å². The number of carbonyl (C=O) groups is 1. The Kier molecular flexibility index (Phi) is 4.72. The third kappa shape index (κ3) is 2.96. The molecule has 1 amide bonds. The summed E-state index contributed by atoms with van der Waals surface area (Å²) in [4.78, 5) is 30.7. The Hall–Kier alpha value is -2.18. The molecule has 1 aromatic rings. The number of carbonyl (C=O) groups excluding carboxylic acids is 1. The van der Waals surface area contributed by atoms with Crippen molar-refractivity contribution >= 4 is 17.3 Å². The van der Waals surface area contributed by atoms with Crippen LogP contribution in [-0.4, -0.2) is 46.4 Å². The molecule has 1 aliphatic heterocycles. The number of likely N-dealkylation sites (N-methyl/N-ethyl adjacent to an activating group) is 1. The SMILES string of the molecule is CCN(CC)C(=O)[C@H]1CCCN1c1ccncc1[N+](=O)[O-]. The van der Waals surface area contributed by atoms with Crippen LogP contribution >= 0.6 is 0 Å². The molecule has 0 saturated carbocycles. The van der Waals surface area contributed by atoms with Crippen molar-refractivity contribution in [3.63, 3.8) is 0 Å². The zero-order valence-electron chi connectivity index (χ0n) is 12.4. The van der Waals surface area contributed by atoms with Crippen molar-refractivity contribution in [1.29, 1.82) is 0 Å². The number of rotatable bonds is 5. The molecule has 1 saturated heterocycles. The van der Waals surface area contributed by atoms with Crippen molar-refractivity contribution in [2.45, 2.75) is 32.7 Å². The van der Waals surface area contributed by atoms with Gasteiger partial charge in [-0.2, -0.15) is 0 Å². The average molecular weight is 292 g/mol. The van der Waals surface area contributed by atoms with Gasteiger partial charge in [0.2, 0.25) is 5.91 Å². The average Bonchev–Trinajstić information content (AvgIpc) is 2.97. The van der Waals surface area contributed by atoms with Crippen LogP contribution in [0.2, 0.25) is 0 Å². The molecule has 0 bridgehead atoms. The predicted molar refractivity (Wildman–Crippen MR) is 79.2 cm³/mol. The highest BCUT2D eigenvalue weighted by Crippen LogP contribution is 2.33. The summed E-state index contributed by atoms with van der Waals surface area (Å²) in [5.74, 6) is 0.0450. The van der Waals surface area contributed by atoms with Crippen molar-refractivity contribution in [3.05, 3.63) is 28.6 Å². The molecule has 1 aromatic heterocycles. The molecule has 0 spiro atoms. The third-order valence-corrected chi connectivity index (χ3v) is 3.90. The minimum absolute atomic E-state index is 0.0447. The number of aromatic nitrogens is 1. The summed E-state index contributed by atoms with van der Waals surface area (Å²) in [5.41, 5.74) is 0.440. The summed E-state index contributed by atoms with van der Waals surface area (Å²) in [5, 5.41) is 11.1. The van der Waals surface area contributed by atoms with Crippen LogP contribution in [0.4, 0.5) is 11.4 Å². The van der Waals surface area contributed by atoms with E-state index in [9.17, 15) is 14.9 Å². The van der Waals surface area contributed by atoms with E-state index >= 15 is 0 Å². The van der Waals surface area contributed by atoms with Gasteiger partial charge in [-0.25, -0.2) is 0 Å². The predicted octanol–water partition coefficient (Wildman–Crippen LogP) is 1.83. The van der Waals surface area contributed by atoms with Gasteiger partial charge in [0.25, 0.3) is 0 Å². The molecule has 2 rings (SSSR count). The highest BCUT2D eigenvalue weighted by molar-refractivity contribution is 5.87. The number of hydrogen-bond donors (Lipinski definition) is 0. The van der Waals surface area contributed by atoms with Gasteiger partial charge in [0.15, 0.2) is 0 Å². The van der Waals surface area contributed by atoms with E-state index in [4.69, 9.17) is 0 Å². The molecule has 1 aliphatic rings. The standard InChI is InChI=1S/C14H20N4O3/c1-3-16(4-2)14(19)12-6-5-9-17(12)11-7-8-15-10-13(11)18(20)21/h7-8,10,12H,3-6,9H2,1-2H3/t12-/m1/s1.